The van der Waals surface area contributed by atoms with E-state index in [0.29, 0.717) is 12.2 Å². The Morgan fingerprint density at radius 2 is 2.24 bits per heavy atom. The van der Waals surface area contributed by atoms with Crippen LogP contribution in [-0.2, 0) is 16.0 Å². The number of nitrogen functional groups attached to an aromatic ring is 1. The molecule has 7 heteroatoms. The molecule has 0 aromatic carbocycles. The van der Waals surface area contributed by atoms with Crippen LogP contribution in [0.1, 0.15) is 18.9 Å². The molecule has 2 amide bonds. The molecule has 0 spiro atoms. The second kappa shape index (κ2) is 3.99. The van der Waals surface area contributed by atoms with Gasteiger partial charge in [0.1, 0.15) is 17.4 Å². The van der Waals surface area contributed by atoms with Gasteiger partial charge in [-0.25, -0.2) is 4.98 Å². The summed E-state index contributed by atoms with van der Waals surface area (Å²) in [6.07, 6.45) is 0.371. The third-order valence-electron chi connectivity index (χ3n) is 2.57. The summed E-state index contributed by atoms with van der Waals surface area (Å²) < 4.78 is 0. The summed E-state index contributed by atoms with van der Waals surface area (Å²) in [5.74, 6) is 0.0582. The van der Waals surface area contributed by atoms with Gasteiger partial charge in [-0.2, -0.15) is 0 Å². The molecule has 1 fully saturated rings. The summed E-state index contributed by atoms with van der Waals surface area (Å²) in [6, 6.07) is -0.568. The lowest BCUT2D eigenvalue weighted by molar-refractivity contribution is -0.140. The lowest BCUT2D eigenvalue weighted by Crippen LogP contribution is -2.67. The molecule has 0 bridgehead atoms. The largest absolute Gasteiger partial charge is 0.383 e. The zero-order valence-electron chi connectivity index (χ0n) is 9.61. The van der Waals surface area contributed by atoms with Gasteiger partial charge in [-0.1, -0.05) is 0 Å². The Labute approximate surface area is 103 Å². The van der Waals surface area contributed by atoms with Crippen LogP contribution in [0, 0.1) is 0 Å². The second-order valence-electron chi connectivity index (χ2n) is 4.51. The Morgan fingerprint density at radius 1 is 1.53 bits per heavy atom. The molecule has 92 valence electrons. The number of carbonyl (C=O) groups excluding carboxylic acids is 2. The minimum absolute atomic E-state index is 0.188. The first kappa shape index (κ1) is 11.8. The zero-order valence-corrected chi connectivity index (χ0v) is 10.4. The standard InChI is InChI=1S/C10H14N4O2S/c1-10(2)9(16)12-5(8(15)14-10)3-7-13-6(11)4-17-7/h4-5H,3,11H2,1-2H3,(H,12,16)(H,14,15). The Morgan fingerprint density at radius 3 is 2.82 bits per heavy atom. The van der Waals surface area contributed by atoms with Crippen LogP contribution in [0.25, 0.3) is 0 Å². The molecule has 1 saturated heterocycles. The van der Waals surface area contributed by atoms with Crippen molar-refractivity contribution < 1.29 is 9.59 Å². The van der Waals surface area contributed by atoms with Gasteiger partial charge in [-0.05, 0) is 13.8 Å². The predicted molar refractivity (Wildman–Crippen MR) is 64.4 cm³/mol. The van der Waals surface area contributed by atoms with E-state index in [9.17, 15) is 9.59 Å². The molecule has 1 aromatic rings. The smallest absolute Gasteiger partial charge is 0.245 e. The number of aromatic nitrogens is 1. The van der Waals surface area contributed by atoms with E-state index < -0.39 is 11.6 Å². The van der Waals surface area contributed by atoms with E-state index in [1.807, 2.05) is 0 Å². The van der Waals surface area contributed by atoms with Gasteiger partial charge in [-0.15, -0.1) is 11.3 Å². The molecular weight excluding hydrogens is 240 g/mol. The van der Waals surface area contributed by atoms with E-state index in [1.54, 1.807) is 19.2 Å². The Balaban J connectivity index is 2.08. The number of thiazole rings is 1. The average molecular weight is 254 g/mol. The zero-order chi connectivity index (χ0) is 12.6. The van der Waals surface area contributed by atoms with Crippen molar-refractivity contribution in [3.63, 3.8) is 0 Å². The van der Waals surface area contributed by atoms with Gasteiger partial charge in [0.2, 0.25) is 11.8 Å². The topological polar surface area (TPSA) is 97.1 Å². The van der Waals surface area contributed by atoms with Crippen molar-refractivity contribution in [3.05, 3.63) is 10.4 Å². The second-order valence-corrected chi connectivity index (χ2v) is 5.45. The van der Waals surface area contributed by atoms with Crippen LogP contribution >= 0.6 is 11.3 Å². The third kappa shape index (κ3) is 2.38. The monoisotopic (exact) mass is 254 g/mol. The van der Waals surface area contributed by atoms with Crippen molar-refractivity contribution in [2.75, 3.05) is 5.73 Å². The quantitative estimate of drug-likeness (QED) is 0.672. The molecule has 17 heavy (non-hydrogen) atoms. The van der Waals surface area contributed by atoms with Crippen molar-refractivity contribution in [1.29, 1.82) is 0 Å². The van der Waals surface area contributed by atoms with Gasteiger partial charge in [0.25, 0.3) is 0 Å². The summed E-state index contributed by atoms with van der Waals surface area (Å²) in [5, 5.41) is 7.81. The minimum atomic E-state index is -0.852. The van der Waals surface area contributed by atoms with E-state index in [1.165, 1.54) is 11.3 Å². The molecule has 4 N–H and O–H groups in total. The SMILES string of the molecule is CC1(C)NC(=O)C(Cc2nc(N)cs2)NC1=O. The van der Waals surface area contributed by atoms with Gasteiger partial charge in [-0.3, -0.25) is 9.59 Å². The molecule has 1 aliphatic rings. The average Bonchev–Trinajstić information content (AvgIpc) is 2.60. The van der Waals surface area contributed by atoms with Crippen molar-refractivity contribution in [2.45, 2.75) is 31.8 Å². The molecule has 0 aliphatic carbocycles. The lowest BCUT2D eigenvalue weighted by atomic mass is 9.98. The predicted octanol–water partition coefficient (Wildman–Crippen LogP) is -0.339. The first-order valence-electron chi connectivity index (χ1n) is 5.21. The van der Waals surface area contributed by atoms with E-state index >= 15 is 0 Å². The van der Waals surface area contributed by atoms with Gasteiger partial charge in [0.05, 0.1) is 5.01 Å². The summed E-state index contributed by atoms with van der Waals surface area (Å²) in [4.78, 5) is 27.6. The Bertz CT molecular complexity index is 469. The Kier molecular flexibility index (Phi) is 2.78. The van der Waals surface area contributed by atoms with Crippen LogP contribution in [0.4, 0.5) is 5.82 Å². The van der Waals surface area contributed by atoms with Crippen LogP contribution in [0.2, 0.25) is 0 Å². The van der Waals surface area contributed by atoms with Crippen molar-refractivity contribution in [3.8, 4) is 0 Å². The molecule has 1 aliphatic heterocycles. The highest BCUT2D eigenvalue weighted by Crippen LogP contribution is 2.16. The fourth-order valence-corrected chi connectivity index (χ4v) is 2.32. The molecule has 0 radical (unpaired) electrons. The highest BCUT2D eigenvalue weighted by Gasteiger charge is 2.39. The number of carbonyl (C=O) groups is 2. The highest BCUT2D eigenvalue weighted by molar-refractivity contribution is 7.10. The normalized spacial score (nSPS) is 23.1. The number of nitrogens with one attached hydrogen (secondary N) is 2. The summed E-state index contributed by atoms with van der Waals surface area (Å²) in [6.45, 7) is 3.33. The van der Waals surface area contributed by atoms with Gasteiger partial charge < -0.3 is 16.4 Å². The number of nitrogens with two attached hydrogens (primary N) is 1. The maximum Gasteiger partial charge on any atom is 0.245 e. The Hall–Kier alpha value is -1.63. The van der Waals surface area contributed by atoms with Crippen LogP contribution in [0.15, 0.2) is 5.38 Å². The van der Waals surface area contributed by atoms with Crippen LogP contribution in [0.3, 0.4) is 0 Å². The lowest BCUT2D eigenvalue weighted by Gasteiger charge is -2.34. The van der Waals surface area contributed by atoms with Crippen molar-refractivity contribution in [2.24, 2.45) is 0 Å². The number of amides is 2. The molecule has 1 aromatic heterocycles. The molecular formula is C10H14N4O2S. The fourth-order valence-electron chi connectivity index (χ4n) is 1.59. The number of rotatable bonds is 2. The van der Waals surface area contributed by atoms with Gasteiger partial charge in [0, 0.05) is 11.8 Å². The highest BCUT2D eigenvalue weighted by atomic mass is 32.1. The van der Waals surface area contributed by atoms with E-state index in [0.717, 1.165) is 5.01 Å². The molecule has 1 unspecified atom stereocenters. The number of hydrogen-bond donors (Lipinski definition) is 3. The van der Waals surface area contributed by atoms with Crippen LogP contribution in [-0.4, -0.2) is 28.4 Å². The molecule has 1 atom stereocenters. The minimum Gasteiger partial charge on any atom is -0.383 e. The maximum absolute atomic E-state index is 11.8. The van der Waals surface area contributed by atoms with E-state index in [-0.39, 0.29) is 11.8 Å². The van der Waals surface area contributed by atoms with E-state index in [2.05, 4.69) is 15.6 Å². The molecule has 6 nitrogen and oxygen atoms in total. The first-order chi connectivity index (χ1) is 7.88. The van der Waals surface area contributed by atoms with Crippen molar-refractivity contribution >= 4 is 29.0 Å². The molecule has 2 rings (SSSR count). The number of nitrogens with zero attached hydrogens (tertiary/aromatic N) is 1. The first-order valence-corrected chi connectivity index (χ1v) is 6.09. The molecule has 2 heterocycles. The number of piperazine rings is 1. The van der Waals surface area contributed by atoms with Gasteiger partial charge in [0.15, 0.2) is 0 Å². The number of hydrogen-bond acceptors (Lipinski definition) is 5. The summed E-state index contributed by atoms with van der Waals surface area (Å²) in [5.41, 5.74) is 4.65. The van der Waals surface area contributed by atoms with Gasteiger partial charge >= 0.3 is 0 Å². The summed E-state index contributed by atoms with van der Waals surface area (Å²) >= 11 is 1.38. The summed E-state index contributed by atoms with van der Waals surface area (Å²) in [7, 11) is 0. The third-order valence-corrected chi connectivity index (χ3v) is 3.46. The van der Waals surface area contributed by atoms with Crippen molar-refractivity contribution in [1.82, 2.24) is 15.6 Å². The fraction of sp³-hybridized carbons (Fsp3) is 0.500. The van der Waals surface area contributed by atoms with E-state index in [4.69, 9.17) is 5.73 Å². The number of anilines is 1. The maximum atomic E-state index is 11.8. The van der Waals surface area contributed by atoms with Crippen LogP contribution in [0.5, 0.6) is 0 Å². The molecule has 0 saturated carbocycles. The van der Waals surface area contributed by atoms with Crippen LogP contribution < -0.4 is 16.4 Å².